The maximum atomic E-state index is 13.8. The van der Waals surface area contributed by atoms with Crippen molar-refractivity contribution in [3.8, 4) is 11.5 Å². The first-order valence-electron chi connectivity index (χ1n) is 14.9. The molecule has 2 aliphatic heterocycles. The molecule has 44 heavy (non-hydrogen) atoms. The Morgan fingerprint density at radius 2 is 1.75 bits per heavy atom. The minimum absolute atomic E-state index is 0.240. The fraction of sp³-hybridized carbons (Fsp3) is 0.333. The molecule has 0 radical (unpaired) electrons. The molecule has 1 unspecified atom stereocenters. The van der Waals surface area contributed by atoms with Gasteiger partial charge >= 0.3 is 5.97 Å². The summed E-state index contributed by atoms with van der Waals surface area (Å²) in [5.74, 6) is 0.223. The monoisotopic (exact) mass is 598 g/mol. The van der Waals surface area contributed by atoms with Gasteiger partial charge in [0.05, 0.1) is 19.4 Å². The number of carbonyl (C=O) groups is 1. The molecule has 1 aromatic heterocycles. The zero-order chi connectivity index (χ0) is 30.8. The maximum Gasteiger partial charge on any atom is 0.323 e. The number of hydrogen-bond acceptors (Lipinski definition) is 6. The number of esters is 1. The zero-order valence-corrected chi connectivity index (χ0v) is 25.2. The van der Waals surface area contributed by atoms with E-state index >= 15 is 0 Å². The van der Waals surface area contributed by atoms with Crippen molar-refractivity contribution >= 4 is 5.97 Å². The molecule has 228 valence electrons. The van der Waals surface area contributed by atoms with Crippen LogP contribution in [0.5, 0.6) is 11.5 Å². The number of benzene rings is 3. The lowest BCUT2D eigenvalue weighted by molar-refractivity contribution is -0.148. The van der Waals surface area contributed by atoms with E-state index in [-0.39, 0.29) is 11.9 Å². The van der Waals surface area contributed by atoms with Gasteiger partial charge in [0.2, 0.25) is 0 Å². The van der Waals surface area contributed by atoms with E-state index in [4.69, 9.17) is 14.2 Å². The van der Waals surface area contributed by atoms with Gasteiger partial charge in [-0.3, -0.25) is 14.7 Å². The van der Waals surface area contributed by atoms with Crippen molar-refractivity contribution in [2.75, 3.05) is 13.7 Å². The molecule has 0 fully saturated rings. The summed E-state index contributed by atoms with van der Waals surface area (Å²) in [5, 5.41) is 0. The van der Waals surface area contributed by atoms with Crippen molar-refractivity contribution < 1.29 is 27.8 Å². The lowest BCUT2D eigenvalue weighted by atomic mass is 9.86. The van der Waals surface area contributed by atoms with Crippen LogP contribution in [0.15, 0.2) is 79.0 Å². The van der Waals surface area contributed by atoms with Gasteiger partial charge in [-0.15, -0.1) is 0 Å². The van der Waals surface area contributed by atoms with Gasteiger partial charge in [0.1, 0.15) is 34.8 Å². The number of fused-ring (bicyclic) bond motifs is 2. The summed E-state index contributed by atoms with van der Waals surface area (Å²) in [4.78, 5) is 19.4. The van der Waals surface area contributed by atoms with Crippen LogP contribution in [0.25, 0.3) is 0 Å². The number of hydrogen-bond donors (Lipinski definition) is 0. The third-order valence-electron chi connectivity index (χ3n) is 8.65. The predicted octanol–water partition coefficient (Wildman–Crippen LogP) is 6.88. The van der Waals surface area contributed by atoms with Crippen LogP contribution < -0.4 is 9.47 Å². The number of ether oxygens (including phenoxy) is 3. The van der Waals surface area contributed by atoms with Gasteiger partial charge in [0.15, 0.2) is 0 Å². The Balaban J connectivity index is 1.20. The second-order valence-corrected chi connectivity index (χ2v) is 12.1. The SMILES string of the molecule is COC(=O)[C@@H]1Cc2cc3c(cc2CN1Cc1ccccn1)CC(c1ccc(OC(C)(C)c2cc(F)cc(F)c2)cc1)CCO3. The molecule has 0 bridgehead atoms. The molecule has 0 amide bonds. The molecule has 0 spiro atoms. The molecule has 0 saturated carbocycles. The van der Waals surface area contributed by atoms with Crippen molar-refractivity contribution in [3.63, 3.8) is 0 Å². The van der Waals surface area contributed by atoms with E-state index < -0.39 is 23.3 Å². The molecule has 0 aliphatic carbocycles. The summed E-state index contributed by atoms with van der Waals surface area (Å²) in [6, 6.07) is 21.1. The van der Waals surface area contributed by atoms with E-state index in [2.05, 4.69) is 34.1 Å². The number of aromatic nitrogens is 1. The Bertz CT molecular complexity index is 1620. The van der Waals surface area contributed by atoms with Crippen LogP contribution >= 0.6 is 0 Å². The van der Waals surface area contributed by atoms with Gasteiger partial charge in [-0.05, 0) is 104 Å². The summed E-state index contributed by atoms with van der Waals surface area (Å²) in [6.45, 7) is 5.33. The van der Waals surface area contributed by atoms with E-state index in [1.165, 1.54) is 30.4 Å². The standard InChI is InChI=1S/C36H36F2N2O4/c1-36(2,28-18-29(37)20-30(38)19-28)44-32-9-7-23(8-10-32)24-11-13-43-34-17-25-16-33(35(41)42-3)40(21-27(25)15-26(34)14-24)22-31-6-4-5-12-39-31/h4-10,12,15,17-20,24,33H,11,13-14,16,21-22H2,1-3H3/t24?,33-/m0/s1. The lowest BCUT2D eigenvalue weighted by Gasteiger charge is -2.35. The summed E-state index contributed by atoms with van der Waals surface area (Å²) < 4.78 is 45.2. The van der Waals surface area contributed by atoms with Gasteiger partial charge in [0, 0.05) is 30.9 Å². The van der Waals surface area contributed by atoms with Crippen LogP contribution in [-0.2, 0) is 41.1 Å². The molecule has 0 N–H and O–H groups in total. The highest BCUT2D eigenvalue weighted by Crippen LogP contribution is 2.38. The third-order valence-corrected chi connectivity index (χ3v) is 8.65. The van der Waals surface area contributed by atoms with E-state index in [0.717, 1.165) is 41.5 Å². The molecule has 3 aromatic carbocycles. The predicted molar refractivity (Wildman–Crippen MR) is 162 cm³/mol. The summed E-state index contributed by atoms with van der Waals surface area (Å²) in [7, 11) is 1.43. The average Bonchev–Trinajstić information content (AvgIpc) is 3.21. The van der Waals surface area contributed by atoms with Crippen LogP contribution in [0.2, 0.25) is 0 Å². The minimum atomic E-state index is -0.921. The molecule has 2 atom stereocenters. The largest absolute Gasteiger partial charge is 0.493 e. The lowest BCUT2D eigenvalue weighted by Crippen LogP contribution is -2.45. The number of halogens is 2. The van der Waals surface area contributed by atoms with E-state index in [0.29, 0.717) is 37.4 Å². The Morgan fingerprint density at radius 1 is 0.977 bits per heavy atom. The van der Waals surface area contributed by atoms with Gasteiger partial charge in [-0.2, -0.15) is 0 Å². The summed E-state index contributed by atoms with van der Waals surface area (Å²) in [6.07, 6.45) is 3.99. The van der Waals surface area contributed by atoms with E-state index in [1.807, 2.05) is 30.3 Å². The average molecular weight is 599 g/mol. The van der Waals surface area contributed by atoms with Gasteiger partial charge in [0.25, 0.3) is 0 Å². The Labute approximate surface area is 256 Å². The first-order chi connectivity index (χ1) is 21.2. The van der Waals surface area contributed by atoms with Crippen LogP contribution in [0, 0.1) is 11.6 Å². The second-order valence-electron chi connectivity index (χ2n) is 12.1. The maximum absolute atomic E-state index is 13.8. The Hall–Kier alpha value is -4.30. The van der Waals surface area contributed by atoms with Crippen molar-refractivity contribution in [2.24, 2.45) is 0 Å². The van der Waals surface area contributed by atoms with E-state index in [1.54, 1.807) is 20.0 Å². The van der Waals surface area contributed by atoms with Gasteiger partial charge < -0.3 is 14.2 Å². The molecular weight excluding hydrogens is 562 g/mol. The highest BCUT2D eigenvalue weighted by Gasteiger charge is 2.34. The molecule has 0 saturated heterocycles. The first-order valence-corrected chi connectivity index (χ1v) is 14.9. The number of rotatable bonds is 7. The minimum Gasteiger partial charge on any atom is -0.493 e. The molecule has 6 nitrogen and oxygen atoms in total. The molecule has 2 aliphatic rings. The molecule has 6 rings (SSSR count). The van der Waals surface area contributed by atoms with Crippen molar-refractivity contribution in [1.29, 1.82) is 0 Å². The normalized spacial score (nSPS) is 18.4. The number of carbonyl (C=O) groups excluding carboxylic acids is 1. The quantitative estimate of drug-likeness (QED) is 0.216. The van der Waals surface area contributed by atoms with Crippen molar-refractivity contribution in [3.05, 3.63) is 124 Å². The van der Waals surface area contributed by atoms with Crippen LogP contribution in [0.1, 0.15) is 59.7 Å². The molecule has 3 heterocycles. The van der Waals surface area contributed by atoms with Gasteiger partial charge in [-0.1, -0.05) is 24.3 Å². The highest BCUT2D eigenvalue weighted by molar-refractivity contribution is 5.76. The fourth-order valence-corrected chi connectivity index (χ4v) is 6.28. The Morgan fingerprint density at radius 3 is 2.45 bits per heavy atom. The zero-order valence-electron chi connectivity index (χ0n) is 25.2. The molecule has 4 aromatic rings. The van der Waals surface area contributed by atoms with Gasteiger partial charge in [-0.25, -0.2) is 8.78 Å². The molecular formula is C36H36F2N2O4. The van der Waals surface area contributed by atoms with Crippen molar-refractivity contribution in [1.82, 2.24) is 9.88 Å². The Kier molecular flexibility index (Phi) is 8.36. The van der Waals surface area contributed by atoms with Crippen LogP contribution in [0.3, 0.4) is 0 Å². The number of nitrogens with zero attached hydrogens (tertiary/aromatic N) is 2. The molecule has 8 heteroatoms. The second kappa shape index (κ2) is 12.4. The topological polar surface area (TPSA) is 60.9 Å². The number of pyridine rings is 1. The summed E-state index contributed by atoms with van der Waals surface area (Å²) in [5.41, 5.74) is 5.02. The first kappa shape index (κ1) is 29.8. The van der Waals surface area contributed by atoms with E-state index in [9.17, 15) is 13.6 Å². The van der Waals surface area contributed by atoms with Crippen molar-refractivity contribution in [2.45, 2.75) is 63.8 Å². The third kappa shape index (κ3) is 6.45. The smallest absolute Gasteiger partial charge is 0.323 e. The van der Waals surface area contributed by atoms with Crippen LogP contribution in [0.4, 0.5) is 8.78 Å². The highest BCUT2D eigenvalue weighted by atomic mass is 19.1. The number of methoxy groups -OCH3 is 1. The summed E-state index contributed by atoms with van der Waals surface area (Å²) >= 11 is 0. The fourth-order valence-electron chi connectivity index (χ4n) is 6.28. The van der Waals surface area contributed by atoms with Crippen LogP contribution in [-0.4, -0.2) is 35.6 Å².